The van der Waals surface area contributed by atoms with Crippen molar-refractivity contribution in [2.24, 2.45) is 0 Å². The number of pyridine rings is 1. The maximum absolute atomic E-state index is 12.8. The van der Waals surface area contributed by atoms with E-state index in [4.69, 9.17) is 0 Å². The lowest BCUT2D eigenvalue weighted by Gasteiger charge is -2.25. The van der Waals surface area contributed by atoms with Crippen LogP contribution in [0.1, 0.15) is 44.2 Å². The summed E-state index contributed by atoms with van der Waals surface area (Å²) in [5.41, 5.74) is 2.18. The van der Waals surface area contributed by atoms with E-state index in [1.807, 2.05) is 35.7 Å². The number of aromatic nitrogens is 4. The van der Waals surface area contributed by atoms with Gasteiger partial charge in [0.15, 0.2) is 0 Å². The van der Waals surface area contributed by atoms with Crippen molar-refractivity contribution in [2.75, 3.05) is 31.1 Å². The average molecular weight is 371 g/mol. The number of hydrogen-bond acceptors (Lipinski definition) is 5. The van der Waals surface area contributed by atoms with E-state index in [2.05, 4.69) is 38.3 Å². The van der Waals surface area contributed by atoms with Crippen molar-refractivity contribution in [1.82, 2.24) is 30.0 Å². The lowest BCUT2D eigenvalue weighted by atomic mass is 10.3. The van der Waals surface area contributed by atoms with Crippen LogP contribution in [-0.2, 0) is 6.54 Å². The number of aryl methyl sites for hydroxylation is 2. The third-order valence-corrected chi connectivity index (χ3v) is 4.84. The van der Waals surface area contributed by atoms with E-state index in [1.54, 1.807) is 6.33 Å². The zero-order valence-corrected chi connectivity index (χ0v) is 16.4. The fourth-order valence-electron chi connectivity index (χ4n) is 3.44. The van der Waals surface area contributed by atoms with Gasteiger partial charge in [-0.3, -0.25) is 4.98 Å². The molecule has 1 unspecified atom stereocenters. The summed E-state index contributed by atoms with van der Waals surface area (Å²) in [6.07, 6.45) is 5.31. The average Bonchev–Trinajstić information content (AvgIpc) is 2.97. The Morgan fingerprint density at radius 2 is 2.11 bits per heavy atom. The van der Waals surface area contributed by atoms with Gasteiger partial charge in [0.1, 0.15) is 12.2 Å². The number of anilines is 1. The lowest BCUT2D eigenvalue weighted by Crippen LogP contribution is -2.43. The zero-order chi connectivity index (χ0) is 19.2. The van der Waals surface area contributed by atoms with Gasteiger partial charge in [-0.15, -0.1) is 0 Å². The highest BCUT2D eigenvalue weighted by Gasteiger charge is 2.22. The van der Waals surface area contributed by atoms with Crippen molar-refractivity contribution < 1.29 is 4.79 Å². The highest BCUT2D eigenvalue weighted by atomic mass is 16.2. The second-order valence-electron chi connectivity index (χ2n) is 7.00. The molecule has 3 heterocycles. The van der Waals surface area contributed by atoms with Crippen LogP contribution in [0.3, 0.4) is 0 Å². The summed E-state index contributed by atoms with van der Waals surface area (Å²) < 4.78 is 1.86. The number of carbonyl (C=O) groups is 1. The largest absolute Gasteiger partial charge is 0.370 e. The molecule has 2 amide bonds. The molecule has 0 radical (unpaired) electrons. The van der Waals surface area contributed by atoms with Crippen LogP contribution in [0, 0.1) is 6.92 Å². The standard InChI is InChI=1S/C19H29N7O/c1-4-8-26-18(21-14-22-26)16(3)23-19(27)25-10-5-9-24(11-12-25)17-6-7-20-15(2)13-17/h6-7,13-14,16H,4-5,8-12H2,1-3H3,(H,23,27). The summed E-state index contributed by atoms with van der Waals surface area (Å²) in [6, 6.07) is 3.92. The fraction of sp³-hybridized carbons (Fsp3) is 0.579. The maximum atomic E-state index is 12.8. The number of amides is 2. The molecule has 0 spiro atoms. The minimum Gasteiger partial charge on any atom is -0.370 e. The molecule has 1 atom stereocenters. The molecule has 146 valence electrons. The first-order valence-electron chi connectivity index (χ1n) is 9.69. The Hall–Kier alpha value is -2.64. The summed E-state index contributed by atoms with van der Waals surface area (Å²) in [5.74, 6) is 0.800. The normalized spacial score (nSPS) is 16.1. The van der Waals surface area contributed by atoms with Gasteiger partial charge in [0.25, 0.3) is 0 Å². The third kappa shape index (κ3) is 4.75. The molecule has 3 rings (SSSR count). The van der Waals surface area contributed by atoms with Crippen LogP contribution < -0.4 is 10.2 Å². The van der Waals surface area contributed by atoms with Gasteiger partial charge in [-0.2, -0.15) is 5.10 Å². The van der Waals surface area contributed by atoms with E-state index >= 15 is 0 Å². The molecule has 2 aromatic heterocycles. The first-order chi connectivity index (χ1) is 13.1. The zero-order valence-electron chi connectivity index (χ0n) is 16.4. The Morgan fingerprint density at radius 3 is 2.89 bits per heavy atom. The quantitative estimate of drug-likeness (QED) is 0.873. The molecule has 1 saturated heterocycles. The Morgan fingerprint density at radius 1 is 1.26 bits per heavy atom. The van der Waals surface area contributed by atoms with Crippen LogP contribution in [0.15, 0.2) is 24.7 Å². The number of hydrogen-bond donors (Lipinski definition) is 1. The molecule has 1 N–H and O–H groups in total. The maximum Gasteiger partial charge on any atom is 0.318 e. The van der Waals surface area contributed by atoms with Gasteiger partial charge in [0, 0.05) is 50.3 Å². The number of nitrogens with one attached hydrogen (secondary N) is 1. The molecule has 0 bridgehead atoms. The van der Waals surface area contributed by atoms with Crippen molar-refractivity contribution >= 4 is 11.7 Å². The van der Waals surface area contributed by atoms with E-state index in [1.165, 1.54) is 5.69 Å². The van der Waals surface area contributed by atoms with Crippen LogP contribution in [-0.4, -0.2) is 56.9 Å². The second kappa shape index (κ2) is 8.83. The van der Waals surface area contributed by atoms with Crippen LogP contribution in [0.5, 0.6) is 0 Å². The Kier molecular flexibility index (Phi) is 6.26. The van der Waals surface area contributed by atoms with Gasteiger partial charge in [-0.25, -0.2) is 14.5 Å². The summed E-state index contributed by atoms with van der Waals surface area (Å²) >= 11 is 0. The minimum absolute atomic E-state index is 0.0405. The van der Waals surface area contributed by atoms with E-state index < -0.39 is 0 Å². The summed E-state index contributed by atoms with van der Waals surface area (Å²) in [7, 11) is 0. The van der Waals surface area contributed by atoms with Crippen LogP contribution in [0.25, 0.3) is 0 Å². The number of rotatable bonds is 5. The lowest BCUT2D eigenvalue weighted by molar-refractivity contribution is 0.197. The summed E-state index contributed by atoms with van der Waals surface area (Å²) in [4.78, 5) is 25.5. The number of carbonyl (C=O) groups excluding carboxylic acids is 1. The Bertz CT molecular complexity index is 760. The minimum atomic E-state index is -0.172. The highest BCUT2D eigenvalue weighted by Crippen LogP contribution is 2.17. The van der Waals surface area contributed by atoms with Gasteiger partial charge in [-0.1, -0.05) is 6.92 Å². The van der Waals surface area contributed by atoms with E-state index in [-0.39, 0.29) is 12.1 Å². The molecular formula is C19H29N7O. The van der Waals surface area contributed by atoms with Gasteiger partial charge >= 0.3 is 6.03 Å². The molecule has 0 aliphatic carbocycles. The first-order valence-corrected chi connectivity index (χ1v) is 9.69. The number of nitrogens with zero attached hydrogens (tertiary/aromatic N) is 6. The van der Waals surface area contributed by atoms with E-state index in [0.717, 1.165) is 50.5 Å². The highest BCUT2D eigenvalue weighted by molar-refractivity contribution is 5.74. The van der Waals surface area contributed by atoms with E-state index in [9.17, 15) is 4.79 Å². The van der Waals surface area contributed by atoms with Gasteiger partial charge in [-0.05, 0) is 38.8 Å². The summed E-state index contributed by atoms with van der Waals surface area (Å²) in [6.45, 7) is 10.1. The molecule has 2 aromatic rings. The smallest absolute Gasteiger partial charge is 0.318 e. The topological polar surface area (TPSA) is 79.2 Å². The fourth-order valence-corrected chi connectivity index (χ4v) is 3.44. The van der Waals surface area contributed by atoms with Crippen LogP contribution in [0.2, 0.25) is 0 Å². The van der Waals surface area contributed by atoms with Crippen LogP contribution >= 0.6 is 0 Å². The Labute approximate surface area is 160 Å². The monoisotopic (exact) mass is 371 g/mol. The third-order valence-electron chi connectivity index (χ3n) is 4.84. The molecule has 27 heavy (non-hydrogen) atoms. The molecule has 1 aliphatic rings. The van der Waals surface area contributed by atoms with E-state index in [0.29, 0.717) is 6.54 Å². The molecule has 1 fully saturated rings. The van der Waals surface area contributed by atoms with Crippen LogP contribution in [0.4, 0.5) is 10.5 Å². The van der Waals surface area contributed by atoms with Gasteiger partial charge in [0.05, 0.1) is 6.04 Å². The molecule has 0 aromatic carbocycles. The molecule has 8 nitrogen and oxygen atoms in total. The molecule has 8 heteroatoms. The van der Waals surface area contributed by atoms with Crippen molar-refractivity contribution in [3.05, 3.63) is 36.2 Å². The summed E-state index contributed by atoms with van der Waals surface area (Å²) in [5, 5.41) is 7.32. The number of urea groups is 1. The van der Waals surface area contributed by atoms with Gasteiger partial charge < -0.3 is 15.1 Å². The van der Waals surface area contributed by atoms with Crippen molar-refractivity contribution in [1.29, 1.82) is 0 Å². The predicted octanol–water partition coefficient (Wildman–Crippen LogP) is 2.37. The molecule has 0 saturated carbocycles. The second-order valence-corrected chi connectivity index (χ2v) is 7.00. The van der Waals surface area contributed by atoms with Crippen molar-refractivity contribution in [3.8, 4) is 0 Å². The van der Waals surface area contributed by atoms with Crippen molar-refractivity contribution in [2.45, 2.75) is 46.2 Å². The molecular weight excluding hydrogens is 342 g/mol. The van der Waals surface area contributed by atoms with Crippen molar-refractivity contribution in [3.63, 3.8) is 0 Å². The Balaban J connectivity index is 1.58. The SMILES string of the molecule is CCCn1ncnc1C(C)NC(=O)N1CCCN(c2ccnc(C)c2)CC1. The predicted molar refractivity (Wildman–Crippen MR) is 105 cm³/mol. The van der Waals surface area contributed by atoms with Gasteiger partial charge in [0.2, 0.25) is 0 Å². The first kappa shape index (κ1) is 19.1. The molecule has 1 aliphatic heterocycles.